The minimum atomic E-state index is -1.21. The highest BCUT2D eigenvalue weighted by atomic mass is 32.2. The zero-order valence-corrected chi connectivity index (χ0v) is 24.0. The van der Waals surface area contributed by atoms with Crippen LogP contribution in [0.15, 0.2) is 35.5 Å². The number of nitrogens with two attached hydrogens (primary N) is 2. The van der Waals surface area contributed by atoms with Crippen molar-refractivity contribution in [2.45, 2.75) is 62.7 Å². The first-order chi connectivity index (χ1) is 19.7. The Kier molecular flexibility index (Phi) is 12.3. The van der Waals surface area contributed by atoms with Crippen molar-refractivity contribution < 1.29 is 24.3 Å². The summed E-state index contributed by atoms with van der Waals surface area (Å²) in [4.78, 5) is 58.7. The molecule has 1 fully saturated rings. The van der Waals surface area contributed by atoms with Crippen LogP contribution in [0, 0.1) is 0 Å². The van der Waals surface area contributed by atoms with Crippen LogP contribution in [0.3, 0.4) is 0 Å². The summed E-state index contributed by atoms with van der Waals surface area (Å²) in [7, 11) is 0. The molecule has 1 aromatic heterocycles. The first-order valence-electron chi connectivity index (χ1n) is 13.7. The average molecular weight is 589 g/mol. The number of thioether (sulfide) groups is 1. The number of carbonyl (C=O) groups is 4. The van der Waals surface area contributed by atoms with Crippen LogP contribution in [0.1, 0.15) is 37.7 Å². The lowest BCUT2D eigenvalue weighted by molar-refractivity contribution is -0.142. The molecule has 4 unspecified atom stereocenters. The number of carboxylic acids is 1. The van der Waals surface area contributed by atoms with E-state index >= 15 is 0 Å². The summed E-state index contributed by atoms with van der Waals surface area (Å²) in [5.41, 5.74) is 12.4. The summed E-state index contributed by atoms with van der Waals surface area (Å²) in [5.74, 6) is -2.15. The Hall–Kier alpha value is -3.78. The quantitative estimate of drug-likeness (QED) is 0.0739. The zero-order chi connectivity index (χ0) is 29.8. The number of para-hydroxylation sites is 1. The summed E-state index contributed by atoms with van der Waals surface area (Å²) < 4.78 is 0. The van der Waals surface area contributed by atoms with Crippen molar-refractivity contribution in [1.29, 1.82) is 0 Å². The van der Waals surface area contributed by atoms with Crippen molar-refractivity contribution in [2.75, 3.05) is 25.1 Å². The minimum absolute atomic E-state index is 0.0617. The molecular weight excluding hydrogens is 548 g/mol. The summed E-state index contributed by atoms with van der Waals surface area (Å²) in [6.07, 6.45) is 6.13. The monoisotopic (exact) mass is 588 g/mol. The van der Waals surface area contributed by atoms with Crippen molar-refractivity contribution in [3.05, 3.63) is 36.0 Å². The van der Waals surface area contributed by atoms with Crippen molar-refractivity contribution in [3.8, 4) is 0 Å². The SMILES string of the molecule is CSCCC(NC(=O)C(CCCN=C(N)N)NC(=O)C1CCCN1)C(=O)NC(Cc1c[nH]c2ccccc12)C(=O)O. The van der Waals surface area contributed by atoms with Gasteiger partial charge in [0.25, 0.3) is 0 Å². The highest BCUT2D eigenvalue weighted by Gasteiger charge is 2.31. The van der Waals surface area contributed by atoms with Gasteiger partial charge in [-0.05, 0) is 62.3 Å². The fourth-order valence-electron chi connectivity index (χ4n) is 4.72. The van der Waals surface area contributed by atoms with Gasteiger partial charge in [-0.2, -0.15) is 11.8 Å². The number of aromatic amines is 1. The van der Waals surface area contributed by atoms with Crippen molar-refractivity contribution >= 4 is 52.3 Å². The molecular formula is C27H40N8O5S. The van der Waals surface area contributed by atoms with Gasteiger partial charge >= 0.3 is 5.97 Å². The molecule has 1 aliphatic rings. The topological polar surface area (TPSA) is 217 Å². The maximum atomic E-state index is 13.4. The lowest BCUT2D eigenvalue weighted by Gasteiger charge is -2.25. The number of rotatable bonds is 16. The maximum Gasteiger partial charge on any atom is 0.326 e. The lowest BCUT2D eigenvalue weighted by atomic mass is 10.0. The van der Waals surface area contributed by atoms with Crippen LogP contribution in [0.5, 0.6) is 0 Å². The Morgan fingerprint density at radius 2 is 1.78 bits per heavy atom. The molecule has 10 N–H and O–H groups in total. The van der Waals surface area contributed by atoms with Crippen molar-refractivity contribution in [3.63, 3.8) is 0 Å². The van der Waals surface area contributed by atoms with E-state index in [-0.39, 0.29) is 43.7 Å². The second kappa shape index (κ2) is 15.9. The summed E-state index contributed by atoms with van der Waals surface area (Å²) in [6, 6.07) is 3.98. The average Bonchev–Trinajstić information content (AvgIpc) is 3.63. The Morgan fingerprint density at radius 3 is 2.44 bits per heavy atom. The van der Waals surface area contributed by atoms with E-state index in [0.717, 1.165) is 29.4 Å². The fourth-order valence-corrected chi connectivity index (χ4v) is 5.19. The number of fused-ring (bicyclic) bond motifs is 1. The number of carbonyl (C=O) groups excluding carboxylic acids is 3. The number of aliphatic carboxylic acids is 1. The van der Waals surface area contributed by atoms with E-state index in [9.17, 15) is 24.3 Å². The Bertz CT molecular complexity index is 1230. The third kappa shape index (κ3) is 9.67. The van der Waals surface area contributed by atoms with Crippen LogP contribution in [0.25, 0.3) is 10.9 Å². The molecule has 0 spiro atoms. The molecule has 4 atom stereocenters. The molecule has 14 heteroatoms. The van der Waals surface area contributed by atoms with Gasteiger partial charge in [-0.3, -0.25) is 19.4 Å². The molecule has 0 aliphatic carbocycles. The third-order valence-electron chi connectivity index (χ3n) is 6.91. The van der Waals surface area contributed by atoms with E-state index in [1.54, 1.807) is 6.20 Å². The molecule has 1 aromatic carbocycles. The molecule has 224 valence electrons. The number of aliphatic imine (C=N–C) groups is 1. The number of nitrogens with zero attached hydrogens (tertiary/aromatic N) is 1. The Balaban J connectivity index is 1.70. The number of nitrogens with one attached hydrogen (secondary N) is 5. The van der Waals surface area contributed by atoms with E-state index < -0.39 is 35.9 Å². The summed E-state index contributed by atoms with van der Waals surface area (Å²) in [6.45, 7) is 0.994. The van der Waals surface area contributed by atoms with Gasteiger partial charge in [-0.25, -0.2) is 4.79 Å². The number of guanidine groups is 1. The van der Waals surface area contributed by atoms with Gasteiger partial charge < -0.3 is 42.8 Å². The lowest BCUT2D eigenvalue weighted by Crippen LogP contribution is -2.57. The molecule has 3 amide bonds. The summed E-state index contributed by atoms with van der Waals surface area (Å²) in [5, 5.41) is 22.0. The predicted molar refractivity (Wildman–Crippen MR) is 159 cm³/mol. The number of aromatic nitrogens is 1. The van der Waals surface area contributed by atoms with E-state index in [1.807, 2.05) is 30.5 Å². The first kappa shape index (κ1) is 31.7. The third-order valence-corrected chi connectivity index (χ3v) is 7.56. The fraction of sp³-hybridized carbons (Fsp3) is 0.519. The molecule has 2 aromatic rings. The smallest absolute Gasteiger partial charge is 0.326 e. The van der Waals surface area contributed by atoms with Crippen LogP contribution >= 0.6 is 11.8 Å². The second-order valence-electron chi connectivity index (χ2n) is 9.96. The number of H-pyrrole nitrogens is 1. The van der Waals surface area contributed by atoms with Crippen LogP contribution < -0.4 is 32.7 Å². The van der Waals surface area contributed by atoms with Gasteiger partial charge in [0.2, 0.25) is 17.7 Å². The zero-order valence-electron chi connectivity index (χ0n) is 23.2. The number of amides is 3. The normalized spacial score (nSPS) is 16.9. The number of hydrogen-bond acceptors (Lipinski definition) is 7. The van der Waals surface area contributed by atoms with Gasteiger partial charge in [-0.1, -0.05) is 18.2 Å². The highest BCUT2D eigenvalue weighted by Crippen LogP contribution is 2.19. The molecule has 0 saturated carbocycles. The molecule has 0 bridgehead atoms. The molecule has 1 aliphatic heterocycles. The molecule has 3 rings (SSSR count). The molecule has 41 heavy (non-hydrogen) atoms. The highest BCUT2D eigenvalue weighted by molar-refractivity contribution is 7.98. The van der Waals surface area contributed by atoms with Gasteiger partial charge in [0.05, 0.1) is 6.04 Å². The van der Waals surface area contributed by atoms with E-state index in [4.69, 9.17) is 11.5 Å². The van der Waals surface area contributed by atoms with E-state index in [1.165, 1.54) is 11.8 Å². The van der Waals surface area contributed by atoms with E-state index in [2.05, 4.69) is 31.2 Å². The minimum Gasteiger partial charge on any atom is -0.480 e. The van der Waals surface area contributed by atoms with Crippen LogP contribution in [0.2, 0.25) is 0 Å². The Labute approximate surface area is 243 Å². The van der Waals surface area contributed by atoms with Gasteiger partial charge in [0.15, 0.2) is 5.96 Å². The van der Waals surface area contributed by atoms with Gasteiger partial charge in [0.1, 0.15) is 18.1 Å². The standard InChI is InChI=1S/C27H40N8O5S/c1-41-13-10-21(25(38)35-22(26(39)40)14-16-15-32-18-7-3-2-6-17(16)18)34-24(37)20(9-5-12-31-27(28)29)33-23(36)19-8-4-11-30-19/h2-3,6-7,15,19-22,30,32H,4-5,8-14H2,1H3,(H,33,36)(H,34,37)(H,35,38)(H,39,40)(H4,28,29,31). The first-order valence-corrected chi connectivity index (χ1v) is 15.1. The predicted octanol–water partition coefficient (Wildman–Crippen LogP) is -0.192. The molecule has 0 radical (unpaired) electrons. The molecule has 1 saturated heterocycles. The largest absolute Gasteiger partial charge is 0.480 e. The van der Waals surface area contributed by atoms with Crippen molar-refractivity contribution in [1.82, 2.24) is 26.3 Å². The summed E-state index contributed by atoms with van der Waals surface area (Å²) >= 11 is 1.49. The number of hydrogen-bond donors (Lipinski definition) is 8. The molecule has 13 nitrogen and oxygen atoms in total. The Morgan fingerprint density at radius 1 is 1.07 bits per heavy atom. The van der Waals surface area contributed by atoms with Gasteiger partial charge in [-0.15, -0.1) is 0 Å². The van der Waals surface area contributed by atoms with Gasteiger partial charge in [0, 0.05) is 30.1 Å². The van der Waals surface area contributed by atoms with Crippen LogP contribution in [-0.2, 0) is 25.6 Å². The van der Waals surface area contributed by atoms with Crippen LogP contribution in [0.4, 0.5) is 0 Å². The number of carboxylic acid groups (broad SMARTS) is 1. The molecule has 2 heterocycles. The van der Waals surface area contributed by atoms with Crippen molar-refractivity contribution in [2.24, 2.45) is 16.5 Å². The second-order valence-corrected chi connectivity index (χ2v) is 11.0. The maximum absolute atomic E-state index is 13.4. The van der Waals surface area contributed by atoms with E-state index in [0.29, 0.717) is 18.6 Å². The van der Waals surface area contributed by atoms with Crippen LogP contribution in [-0.4, -0.2) is 89.0 Å². The number of benzene rings is 1.